The number of halogens is 3. The number of rotatable bonds is 6. The van der Waals surface area contributed by atoms with Crippen molar-refractivity contribution in [2.24, 2.45) is 5.84 Å². The average Bonchev–Trinajstić information content (AvgIpc) is 2.39. The van der Waals surface area contributed by atoms with Crippen LogP contribution in [0.1, 0.15) is 38.3 Å². The molecule has 0 amide bonds. The first kappa shape index (κ1) is 15.9. The molecule has 3 N–H and O–H groups in total. The van der Waals surface area contributed by atoms with Gasteiger partial charge in [-0.25, -0.2) is 13.2 Å². The predicted molar refractivity (Wildman–Crippen MR) is 66.7 cm³/mol. The largest absolute Gasteiger partial charge is 0.379 e. The number of ether oxygens (including phenoxy) is 1. The van der Waals surface area contributed by atoms with Crippen molar-refractivity contribution in [1.29, 1.82) is 0 Å². The van der Waals surface area contributed by atoms with Gasteiger partial charge in [-0.05, 0) is 32.8 Å². The highest BCUT2D eigenvalue weighted by atomic mass is 19.2. The third kappa shape index (κ3) is 3.92. The van der Waals surface area contributed by atoms with E-state index in [1.807, 2.05) is 13.8 Å². The lowest BCUT2D eigenvalue weighted by Crippen LogP contribution is -2.32. The zero-order valence-electron chi connectivity index (χ0n) is 11.3. The van der Waals surface area contributed by atoms with E-state index in [4.69, 9.17) is 10.6 Å². The second-order valence-electron chi connectivity index (χ2n) is 4.99. The van der Waals surface area contributed by atoms with Crippen LogP contribution in [0.4, 0.5) is 13.2 Å². The summed E-state index contributed by atoms with van der Waals surface area (Å²) < 4.78 is 45.0. The van der Waals surface area contributed by atoms with Gasteiger partial charge >= 0.3 is 0 Å². The molecule has 1 unspecified atom stereocenters. The maximum absolute atomic E-state index is 13.7. The van der Waals surface area contributed by atoms with Crippen molar-refractivity contribution in [1.82, 2.24) is 5.43 Å². The highest BCUT2D eigenvalue weighted by Gasteiger charge is 2.23. The minimum atomic E-state index is -1.48. The van der Waals surface area contributed by atoms with Crippen LogP contribution in [0.3, 0.4) is 0 Å². The molecule has 1 rings (SSSR count). The monoisotopic (exact) mass is 276 g/mol. The Kier molecular flexibility index (Phi) is 5.34. The number of benzene rings is 1. The van der Waals surface area contributed by atoms with Gasteiger partial charge in [0.1, 0.15) is 0 Å². The van der Waals surface area contributed by atoms with E-state index < -0.39 is 29.1 Å². The van der Waals surface area contributed by atoms with Crippen LogP contribution in [0.15, 0.2) is 12.1 Å². The van der Waals surface area contributed by atoms with Crippen molar-refractivity contribution in [2.75, 3.05) is 7.11 Å². The number of nitrogens with one attached hydrogen (secondary N) is 1. The van der Waals surface area contributed by atoms with Crippen molar-refractivity contribution in [2.45, 2.75) is 38.3 Å². The van der Waals surface area contributed by atoms with Crippen LogP contribution in [-0.4, -0.2) is 12.7 Å². The van der Waals surface area contributed by atoms with Gasteiger partial charge in [-0.3, -0.25) is 11.3 Å². The molecule has 0 aromatic heterocycles. The van der Waals surface area contributed by atoms with Gasteiger partial charge in [0.2, 0.25) is 0 Å². The molecule has 0 bridgehead atoms. The summed E-state index contributed by atoms with van der Waals surface area (Å²) in [6.45, 7) is 3.75. The van der Waals surface area contributed by atoms with E-state index >= 15 is 0 Å². The lowest BCUT2D eigenvalue weighted by molar-refractivity contribution is 0.0116. The molecule has 1 atom stereocenters. The van der Waals surface area contributed by atoms with E-state index in [0.29, 0.717) is 12.8 Å². The molecule has 3 nitrogen and oxygen atoms in total. The molecule has 108 valence electrons. The zero-order chi connectivity index (χ0) is 14.6. The molecule has 0 aliphatic heterocycles. The fourth-order valence-corrected chi connectivity index (χ4v) is 1.73. The standard InChI is InChI=1S/C13H19F3N2O/c1-13(2,19-3)7-6-10(18-17)8-4-5-9(14)12(16)11(8)15/h4-5,10,18H,6-7,17H2,1-3H3. The SMILES string of the molecule is COC(C)(C)CCC(NN)c1ccc(F)c(F)c1F. The summed E-state index contributed by atoms with van der Waals surface area (Å²) in [4.78, 5) is 0. The Bertz CT molecular complexity index is 438. The van der Waals surface area contributed by atoms with Crippen molar-refractivity contribution >= 4 is 0 Å². The summed E-state index contributed by atoms with van der Waals surface area (Å²) in [5.74, 6) is 1.45. The maximum atomic E-state index is 13.7. The third-order valence-corrected chi connectivity index (χ3v) is 3.23. The Hall–Kier alpha value is -1.11. The van der Waals surface area contributed by atoms with Gasteiger partial charge in [0.15, 0.2) is 17.5 Å². The minimum Gasteiger partial charge on any atom is -0.379 e. The normalized spacial score (nSPS) is 13.6. The Balaban J connectivity index is 2.89. The highest BCUT2D eigenvalue weighted by Crippen LogP contribution is 2.27. The van der Waals surface area contributed by atoms with Gasteiger partial charge in [-0.15, -0.1) is 0 Å². The van der Waals surface area contributed by atoms with Crippen molar-refractivity contribution in [3.05, 3.63) is 35.1 Å². The molecule has 0 saturated carbocycles. The van der Waals surface area contributed by atoms with Gasteiger partial charge in [0, 0.05) is 18.7 Å². The number of methoxy groups -OCH3 is 1. The maximum Gasteiger partial charge on any atom is 0.194 e. The van der Waals surface area contributed by atoms with Crippen molar-refractivity contribution in [3.63, 3.8) is 0 Å². The number of hydrazine groups is 1. The zero-order valence-corrected chi connectivity index (χ0v) is 11.3. The summed E-state index contributed by atoms with van der Waals surface area (Å²) in [6, 6.07) is 1.47. The first-order valence-corrected chi connectivity index (χ1v) is 5.97. The summed E-state index contributed by atoms with van der Waals surface area (Å²) in [5.41, 5.74) is 2.03. The third-order valence-electron chi connectivity index (χ3n) is 3.23. The van der Waals surface area contributed by atoms with Crippen LogP contribution < -0.4 is 11.3 Å². The molecule has 1 aromatic rings. The van der Waals surface area contributed by atoms with Gasteiger partial charge < -0.3 is 4.74 Å². The molecule has 19 heavy (non-hydrogen) atoms. The van der Waals surface area contributed by atoms with Gasteiger partial charge in [0.25, 0.3) is 0 Å². The number of nitrogens with two attached hydrogens (primary N) is 1. The van der Waals surface area contributed by atoms with E-state index in [9.17, 15) is 13.2 Å². The Morgan fingerprint density at radius 3 is 2.42 bits per heavy atom. The van der Waals surface area contributed by atoms with Gasteiger partial charge in [-0.2, -0.15) is 0 Å². The van der Waals surface area contributed by atoms with Crippen LogP contribution in [0.5, 0.6) is 0 Å². The van der Waals surface area contributed by atoms with E-state index in [1.165, 1.54) is 6.07 Å². The number of hydrogen-bond donors (Lipinski definition) is 2. The first-order valence-electron chi connectivity index (χ1n) is 5.97. The molecule has 0 heterocycles. The minimum absolute atomic E-state index is 0.00769. The summed E-state index contributed by atoms with van der Waals surface area (Å²) in [7, 11) is 1.57. The van der Waals surface area contributed by atoms with Crippen LogP contribution >= 0.6 is 0 Å². The lowest BCUT2D eigenvalue weighted by Gasteiger charge is -2.26. The Morgan fingerprint density at radius 2 is 1.89 bits per heavy atom. The predicted octanol–water partition coefficient (Wildman–Crippen LogP) is 2.81. The van der Waals surface area contributed by atoms with Gasteiger partial charge in [0.05, 0.1) is 5.60 Å². The molecule has 0 aliphatic carbocycles. The molecule has 0 aliphatic rings. The fourth-order valence-electron chi connectivity index (χ4n) is 1.73. The topological polar surface area (TPSA) is 47.3 Å². The second kappa shape index (κ2) is 6.36. The summed E-state index contributed by atoms with van der Waals surface area (Å²) in [5, 5.41) is 0. The average molecular weight is 276 g/mol. The van der Waals surface area contributed by atoms with E-state index in [2.05, 4.69) is 5.43 Å². The van der Waals surface area contributed by atoms with Crippen LogP contribution in [0, 0.1) is 17.5 Å². The van der Waals surface area contributed by atoms with Crippen LogP contribution in [0.25, 0.3) is 0 Å². The van der Waals surface area contributed by atoms with E-state index in [-0.39, 0.29) is 5.56 Å². The molecular formula is C13H19F3N2O. The summed E-state index contributed by atoms with van der Waals surface area (Å²) in [6.07, 6.45) is 1.01. The van der Waals surface area contributed by atoms with Crippen molar-refractivity contribution < 1.29 is 17.9 Å². The molecule has 0 saturated heterocycles. The Labute approximate surface area is 110 Å². The fraction of sp³-hybridized carbons (Fsp3) is 0.538. The first-order chi connectivity index (χ1) is 8.82. The molecule has 1 aromatic carbocycles. The lowest BCUT2D eigenvalue weighted by atomic mass is 9.95. The van der Waals surface area contributed by atoms with Gasteiger partial charge in [-0.1, -0.05) is 6.07 Å². The van der Waals surface area contributed by atoms with Crippen molar-refractivity contribution in [3.8, 4) is 0 Å². The number of hydrogen-bond acceptors (Lipinski definition) is 3. The molecule has 0 fully saturated rings. The summed E-state index contributed by atoms with van der Waals surface area (Å²) >= 11 is 0. The van der Waals surface area contributed by atoms with Crippen LogP contribution in [0.2, 0.25) is 0 Å². The molecule has 0 spiro atoms. The molecular weight excluding hydrogens is 257 g/mol. The molecule has 6 heteroatoms. The molecule has 0 radical (unpaired) electrons. The van der Waals surface area contributed by atoms with E-state index in [1.54, 1.807) is 7.11 Å². The smallest absolute Gasteiger partial charge is 0.194 e. The quantitative estimate of drug-likeness (QED) is 0.477. The van der Waals surface area contributed by atoms with Crippen LogP contribution in [-0.2, 0) is 4.74 Å². The second-order valence-corrected chi connectivity index (χ2v) is 4.99. The Morgan fingerprint density at radius 1 is 1.26 bits per heavy atom. The highest BCUT2D eigenvalue weighted by molar-refractivity contribution is 5.23. The van der Waals surface area contributed by atoms with E-state index in [0.717, 1.165) is 6.07 Å².